The first kappa shape index (κ1) is 12.4. The molecule has 0 spiro atoms. The highest BCUT2D eigenvalue weighted by Crippen LogP contribution is 2.34. The van der Waals surface area contributed by atoms with Gasteiger partial charge in [-0.25, -0.2) is 0 Å². The molecule has 0 amide bonds. The average molecular weight is 247 g/mol. The van der Waals surface area contributed by atoms with E-state index < -0.39 is 0 Å². The van der Waals surface area contributed by atoms with Gasteiger partial charge < -0.3 is 15.8 Å². The second-order valence-electron chi connectivity index (χ2n) is 2.93. The minimum Gasteiger partial charge on any atom is -0.487 e. The zero-order valence-corrected chi connectivity index (χ0v) is 10.7. The number of anilines is 2. The fourth-order valence-corrected chi connectivity index (χ4v) is 2.23. The molecular weight excluding hydrogens is 230 g/mol. The topological polar surface area (TPSA) is 60.2 Å². The summed E-state index contributed by atoms with van der Waals surface area (Å²) in [5.41, 5.74) is 5.69. The Morgan fingerprint density at radius 2 is 2.40 bits per heavy atom. The third-order valence-corrected chi connectivity index (χ3v) is 3.27. The van der Waals surface area contributed by atoms with Gasteiger partial charge in [0.05, 0.1) is 6.61 Å². The molecule has 0 atom stereocenters. The molecule has 0 aromatic carbocycles. The lowest BCUT2D eigenvalue weighted by Crippen LogP contribution is -2.03. The SMILES string of the molecule is CCOc1c(N)nsc1NCCCSC. The normalized spacial score (nSPS) is 10.3. The second-order valence-corrected chi connectivity index (χ2v) is 4.69. The van der Waals surface area contributed by atoms with Crippen LogP contribution in [0.2, 0.25) is 0 Å². The molecule has 86 valence electrons. The number of nitrogen functional groups attached to an aromatic ring is 1. The van der Waals surface area contributed by atoms with Gasteiger partial charge in [0.15, 0.2) is 16.6 Å². The van der Waals surface area contributed by atoms with E-state index in [-0.39, 0.29) is 0 Å². The quantitative estimate of drug-likeness (QED) is 0.724. The lowest BCUT2D eigenvalue weighted by molar-refractivity contribution is 0.344. The number of nitrogens with one attached hydrogen (secondary N) is 1. The molecule has 0 radical (unpaired) electrons. The molecule has 0 aliphatic rings. The molecule has 0 aliphatic heterocycles. The van der Waals surface area contributed by atoms with Crippen LogP contribution in [-0.2, 0) is 0 Å². The highest BCUT2D eigenvalue weighted by molar-refractivity contribution is 7.98. The van der Waals surface area contributed by atoms with Gasteiger partial charge in [-0.15, -0.1) is 0 Å². The Morgan fingerprint density at radius 1 is 1.60 bits per heavy atom. The molecule has 6 heteroatoms. The van der Waals surface area contributed by atoms with Crippen LogP contribution in [0.1, 0.15) is 13.3 Å². The maximum absolute atomic E-state index is 5.69. The Balaban J connectivity index is 2.45. The van der Waals surface area contributed by atoms with Crippen LogP contribution in [0.5, 0.6) is 5.75 Å². The summed E-state index contributed by atoms with van der Waals surface area (Å²) in [5, 5.41) is 4.23. The van der Waals surface area contributed by atoms with Crippen molar-refractivity contribution < 1.29 is 4.74 Å². The number of thioether (sulfide) groups is 1. The summed E-state index contributed by atoms with van der Waals surface area (Å²) < 4.78 is 9.48. The molecule has 0 saturated carbocycles. The molecule has 0 unspecified atom stereocenters. The fraction of sp³-hybridized carbons (Fsp3) is 0.667. The highest BCUT2D eigenvalue weighted by atomic mass is 32.2. The third-order valence-electron chi connectivity index (χ3n) is 1.77. The predicted molar refractivity (Wildman–Crippen MR) is 69.2 cm³/mol. The predicted octanol–water partition coefficient (Wildman–Crippen LogP) is 2.29. The van der Waals surface area contributed by atoms with Crippen LogP contribution in [0.15, 0.2) is 0 Å². The number of ether oxygens (including phenoxy) is 1. The van der Waals surface area contributed by atoms with E-state index >= 15 is 0 Å². The van der Waals surface area contributed by atoms with Crippen molar-refractivity contribution in [2.75, 3.05) is 36.2 Å². The maximum atomic E-state index is 5.69. The molecule has 1 rings (SSSR count). The number of nitrogens with two attached hydrogens (primary N) is 1. The minimum absolute atomic E-state index is 0.481. The number of hydrogen-bond acceptors (Lipinski definition) is 6. The van der Waals surface area contributed by atoms with Crippen molar-refractivity contribution >= 4 is 34.1 Å². The highest BCUT2D eigenvalue weighted by Gasteiger charge is 2.11. The first-order chi connectivity index (χ1) is 7.29. The van der Waals surface area contributed by atoms with Crippen LogP contribution in [-0.4, -0.2) is 29.5 Å². The van der Waals surface area contributed by atoms with E-state index in [2.05, 4.69) is 15.9 Å². The first-order valence-electron chi connectivity index (χ1n) is 4.90. The molecular formula is C9H17N3OS2. The summed E-state index contributed by atoms with van der Waals surface area (Å²) in [7, 11) is 0. The van der Waals surface area contributed by atoms with E-state index in [0.29, 0.717) is 18.2 Å². The zero-order chi connectivity index (χ0) is 11.1. The summed E-state index contributed by atoms with van der Waals surface area (Å²) in [6, 6.07) is 0. The van der Waals surface area contributed by atoms with Crippen LogP contribution in [0.25, 0.3) is 0 Å². The van der Waals surface area contributed by atoms with E-state index in [0.717, 1.165) is 23.7 Å². The van der Waals surface area contributed by atoms with Gasteiger partial charge in [0, 0.05) is 6.54 Å². The smallest absolute Gasteiger partial charge is 0.197 e. The molecule has 1 aromatic heterocycles. The number of nitrogens with zero attached hydrogens (tertiary/aromatic N) is 1. The number of hydrogen-bond donors (Lipinski definition) is 2. The third kappa shape index (κ3) is 3.79. The van der Waals surface area contributed by atoms with Gasteiger partial charge in [0.2, 0.25) is 0 Å². The summed E-state index contributed by atoms with van der Waals surface area (Å²) in [6.07, 6.45) is 3.24. The van der Waals surface area contributed by atoms with Crippen LogP contribution < -0.4 is 15.8 Å². The van der Waals surface area contributed by atoms with Crippen molar-refractivity contribution in [2.24, 2.45) is 0 Å². The Kier molecular flexibility index (Phi) is 5.63. The lowest BCUT2D eigenvalue weighted by Gasteiger charge is -2.06. The standard InChI is InChI=1S/C9H17N3OS2/c1-3-13-7-8(10)12-15-9(7)11-5-4-6-14-2/h11H,3-6H2,1-2H3,(H2,10,12). The van der Waals surface area contributed by atoms with Crippen LogP contribution in [0.3, 0.4) is 0 Å². The largest absolute Gasteiger partial charge is 0.487 e. The van der Waals surface area contributed by atoms with Gasteiger partial charge in [-0.1, -0.05) is 0 Å². The van der Waals surface area contributed by atoms with Gasteiger partial charge in [-0.3, -0.25) is 0 Å². The van der Waals surface area contributed by atoms with Crippen molar-refractivity contribution in [1.82, 2.24) is 4.37 Å². The van der Waals surface area contributed by atoms with E-state index in [1.54, 1.807) is 0 Å². The molecule has 4 nitrogen and oxygen atoms in total. The zero-order valence-electron chi connectivity index (χ0n) is 9.08. The van der Waals surface area contributed by atoms with E-state index in [9.17, 15) is 0 Å². The van der Waals surface area contributed by atoms with Gasteiger partial charge in [0.25, 0.3) is 0 Å². The van der Waals surface area contributed by atoms with Crippen molar-refractivity contribution in [1.29, 1.82) is 0 Å². The summed E-state index contributed by atoms with van der Waals surface area (Å²) in [5.74, 6) is 2.34. The number of rotatable bonds is 7. The van der Waals surface area contributed by atoms with E-state index in [1.807, 2.05) is 18.7 Å². The summed E-state index contributed by atoms with van der Waals surface area (Å²) >= 11 is 3.20. The summed E-state index contributed by atoms with van der Waals surface area (Å²) in [6.45, 7) is 3.49. The van der Waals surface area contributed by atoms with Crippen molar-refractivity contribution in [3.63, 3.8) is 0 Å². The van der Waals surface area contributed by atoms with Crippen LogP contribution in [0.4, 0.5) is 10.8 Å². The van der Waals surface area contributed by atoms with Crippen molar-refractivity contribution in [2.45, 2.75) is 13.3 Å². The van der Waals surface area contributed by atoms with E-state index in [4.69, 9.17) is 10.5 Å². The molecule has 0 aliphatic carbocycles. The molecule has 0 fully saturated rings. The second kappa shape index (κ2) is 6.79. The van der Waals surface area contributed by atoms with Crippen molar-refractivity contribution in [3.8, 4) is 5.75 Å². The van der Waals surface area contributed by atoms with Gasteiger partial charge in [0.1, 0.15) is 0 Å². The monoisotopic (exact) mass is 247 g/mol. The molecule has 1 heterocycles. The van der Waals surface area contributed by atoms with Gasteiger partial charge in [-0.05, 0) is 36.9 Å². The Labute approximate surface area is 98.7 Å². The average Bonchev–Trinajstić information content (AvgIpc) is 2.57. The van der Waals surface area contributed by atoms with E-state index in [1.165, 1.54) is 11.5 Å². The Hall–Kier alpha value is -0.620. The van der Waals surface area contributed by atoms with Crippen LogP contribution >= 0.6 is 23.3 Å². The minimum atomic E-state index is 0.481. The molecule has 3 N–H and O–H groups in total. The molecule has 0 bridgehead atoms. The van der Waals surface area contributed by atoms with Gasteiger partial charge in [-0.2, -0.15) is 16.1 Å². The molecule has 15 heavy (non-hydrogen) atoms. The first-order valence-corrected chi connectivity index (χ1v) is 7.07. The Bertz CT molecular complexity index is 291. The lowest BCUT2D eigenvalue weighted by atomic mass is 10.4. The number of aromatic nitrogens is 1. The van der Waals surface area contributed by atoms with Gasteiger partial charge >= 0.3 is 0 Å². The Morgan fingerprint density at radius 3 is 3.07 bits per heavy atom. The molecule has 0 saturated heterocycles. The molecule has 1 aromatic rings. The van der Waals surface area contributed by atoms with Crippen molar-refractivity contribution in [3.05, 3.63) is 0 Å². The fourth-order valence-electron chi connectivity index (χ4n) is 1.11. The summed E-state index contributed by atoms with van der Waals surface area (Å²) in [4.78, 5) is 0. The maximum Gasteiger partial charge on any atom is 0.197 e. The van der Waals surface area contributed by atoms with Crippen LogP contribution in [0, 0.1) is 0 Å².